The molecule has 47 heavy (non-hydrogen) atoms. The molecule has 0 aromatic heterocycles. The van der Waals surface area contributed by atoms with E-state index in [0.29, 0.717) is 12.8 Å². The summed E-state index contributed by atoms with van der Waals surface area (Å²) in [6.45, 7) is 4.53. The third-order valence-corrected chi connectivity index (χ3v) is 8.87. The van der Waals surface area contributed by atoms with E-state index in [1.165, 1.54) is 167 Å². The van der Waals surface area contributed by atoms with Crippen LogP contribution in [-0.2, 0) is 14.4 Å². The van der Waals surface area contributed by atoms with Gasteiger partial charge in [0.1, 0.15) is 0 Å². The Hall–Kier alpha value is -0.850. The Morgan fingerprint density at radius 2 is 0.638 bits per heavy atom. The number of rotatable bonds is 35. The molecular weight excluding hydrogens is 599 g/mol. The first-order valence-electron chi connectivity index (χ1n) is 19.7. The molecule has 0 bridgehead atoms. The van der Waals surface area contributed by atoms with E-state index in [-0.39, 0.29) is 36.6 Å². The molecule has 0 heterocycles. The third kappa shape index (κ3) is 47.3. The smallest absolute Gasteiger partial charge is 1.00 e. The van der Waals surface area contributed by atoms with Crippen molar-refractivity contribution in [3.8, 4) is 0 Å². The van der Waals surface area contributed by atoms with Crippen LogP contribution in [0.5, 0.6) is 0 Å². The zero-order valence-corrected chi connectivity index (χ0v) is 33.5. The van der Waals surface area contributed by atoms with E-state index < -0.39 is 17.9 Å². The summed E-state index contributed by atoms with van der Waals surface area (Å²) in [7, 11) is 0. The quantitative estimate of drug-likeness (QED) is 0.0350. The first-order valence-corrected chi connectivity index (χ1v) is 19.7. The van der Waals surface area contributed by atoms with Gasteiger partial charge in [-0.1, -0.05) is 200 Å². The summed E-state index contributed by atoms with van der Waals surface area (Å²) >= 11 is 0. The Balaban J connectivity index is -0.000000399. The average Bonchev–Trinajstić information content (AvgIpc) is 3.02. The van der Waals surface area contributed by atoms with Crippen molar-refractivity contribution in [3.05, 3.63) is 11.6 Å². The monoisotopic (exact) mass is 677 g/mol. The SMILES string of the molecule is CCCCCCCCCCCCCCCCCC(=O)O.CCCCCCCCCCCCCCCCCC/C(=C\C(=O)O)C(=O)O.[H-].[Na+]. The van der Waals surface area contributed by atoms with Crippen LogP contribution in [0.2, 0.25) is 0 Å². The Bertz CT molecular complexity index is 716. The van der Waals surface area contributed by atoms with Crippen molar-refractivity contribution < 1.29 is 60.7 Å². The molecule has 7 heteroatoms. The molecule has 0 unspecified atom stereocenters. The molecule has 0 atom stereocenters. The van der Waals surface area contributed by atoms with E-state index >= 15 is 0 Å². The predicted molar refractivity (Wildman–Crippen MR) is 196 cm³/mol. The molecule has 0 aliphatic heterocycles. The zero-order valence-electron chi connectivity index (χ0n) is 32.5. The Labute approximate surface area is 314 Å². The van der Waals surface area contributed by atoms with Crippen molar-refractivity contribution in [1.29, 1.82) is 0 Å². The number of carbonyl (C=O) groups is 3. The Morgan fingerprint density at radius 1 is 0.404 bits per heavy atom. The summed E-state index contributed by atoms with van der Waals surface area (Å²) in [5.41, 5.74) is 0.00265. The molecule has 0 aliphatic rings. The van der Waals surface area contributed by atoms with E-state index in [4.69, 9.17) is 15.3 Å². The Morgan fingerprint density at radius 3 is 0.851 bits per heavy atom. The molecule has 3 N–H and O–H groups in total. The van der Waals surface area contributed by atoms with E-state index in [1.54, 1.807) is 0 Å². The van der Waals surface area contributed by atoms with Crippen LogP contribution in [0.4, 0.5) is 0 Å². The number of carboxylic acids is 3. The molecule has 0 spiro atoms. The van der Waals surface area contributed by atoms with Gasteiger partial charge in [0.2, 0.25) is 0 Å². The van der Waals surface area contributed by atoms with Gasteiger partial charge in [0, 0.05) is 18.1 Å². The largest absolute Gasteiger partial charge is 1.00 e. The molecule has 0 aromatic rings. The van der Waals surface area contributed by atoms with Crippen LogP contribution in [0, 0.1) is 0 Å². The van der Waals surface area contributed by atoms with Gasteiger partial charge in [-0.25, -0.2) is 9.59 Å². The van der Waals surface area contributed by atoms with Crippen LogP contribution in [0.3, 0.4) is 0 Å². The molecule has 0 aliphatic carbocycles. The molecule has 0 saturated heterocycles. The summed E-state index contributed by atoms with van der Waals surface area (Å²) in [6.07, 6.45) is 41.8. The van der Waals surface area contributed by atoms with Crippen LogP contribution >= 0.6 is 0 Å². The maximum absolute atomic E-state index is 10.9. The fourth-order valence-corrected chi connectivity index (χ4v) is 5.90. The van der Waals surface area contributed by atoms with Gasteiger partial charge in [0.05, 0.1) is 0 Å². The summed E-state index contributed by atoms with van der Waals surface area (Å²) < 4.78 is 0. The molecule has 274 valence electrons. The van der Waals surface area contributed by atoms with Crippen molar-refractivity contribution in [2.24, 2.45) is 0 Å². The summed E-state index contributed by atoms with van der Waals surface area (Å²) in [4.78, 5) is 31.8. The topological polar surface area (TPSA) is 112 Å². The minimum Gasteiger partial charge on any atom is -1.00 e. The summed E-state index contributed by atoms with van der Waals surface area (Å²) in [5.74, 6) is -2.95. The minimum atomic E-state index is -1.18. The number of aliphatic carboxylic acids is 3. The van der Waals surface area contributed by atoms with E-state index in [9.17, 15) is 14.4 Å². The molecule has 0 rings (SSSR count). The standard InChI is InChI=1S/C22H40O4.C18H36O2.Na.H/c1-2-3-4-5-6-7-8-9-10-11-12-13-14-15-16-17-18-20(22(25)26)19-21(23)24;1-2-3-4-5-6-7-8-9-10-11-12-13-14-15-16-17-18(19)20;;/h19H,2-18H2,1H3,(H,23,24)(H,25,26);2-17H2,1H3,(H,19,20);;/q;;+1;-1/b20-19+;;;. The van der Waals surface area contributed by atoms with Crippen LogP contribution in [-0.4, -0.2) is 33.2 Å². The number of unbranched alkanes of at least 4 members (excludes halogenated alkanes) is 29. The minimum absolute atomic E-state index is 0. The molecule has 6 nitrogen and oxygen atoms in total. The second kappa shape index (κ2) is 43.2. The van der Waals surface area contributed by atoms with Crippen molar-refractivity contribution >= 4 is 17.9 Å². The fraction of sp³-hybridized carbons (Fsp3) is 0.875. The van der Waals surface area contributed by atoms with Crippen LogP contribution in [0.15, 0.2) is 11.6 Å². The van der Waals surface area contributed by atoms with Gasteiger partial charge in [-0.05, 0) is 19.3 Å². The van der Waals surface area contributed by atoms with Crippen LogP contribution < -0.4 is 29.6 Å². The number of hydrogen-bond donors (Lipinski definition) is 3. The van der Waals surface area contributed by atoms with Gasteiger partial charge in [-0.2, -0.15) is 0 Å². The van der Waals surface area contributed by atoms with E-state index in [1.807, 2.05) is 0 Å². The van der Waals surface area contributed by atoms with Gasteiger partial charge in [0.25, 0.3) is 0 Å². The van der Waals surface area contributed by atoms with Crippen molar-refractivity contribution in [3.63, 3.8) is 0 Å². The molecule has 0 radical (unpaired) electrons. The van der Waals surface area contributed by atoms with E-state index in [2.05, 4.69) is 13.8 Å². The second-order valence-electron chi connectivity index (χ2n) is 13.5. The first-order chi connectivity index (χ1) is 22.3. The summed E-state index contributed by atoms with van der Waals surface area (Å²) in [5, 5.41) is 26.1. The Kier molecular flexibility index (Phi) is 46.4. The second-order valence-corrected chi connectivity index (χ2v) is 13.5. The van der Waals surface area contributed by atoms with Gasteiger partial charge in [0.15, 0.2) is 0 Å². The first kappa shape index (κ1) is 50.5. The fourth-order valence-electron chi connectivity index (χ4n) is 5.90. The molecule has 0 aromatic carbocycles. The molecule has 0 amide bonds. The van der Waals surface area contributed by atoms with Gasteiger partial charge < -0.3 is 16.7 Å². The van der Waals surface area contributed by atoms with Gasteiger partial charge >= 0.3 is 47.5 Å². The van der Waals surface area contributed by atoms with Crippen LogP contribution in [0.1, 0.15) is 227 Å². The van der Waals surface area contributed by atoms with Crippen molar-refractivity contribution in [2.45, 2.75) is 226 Å². The zero-order chi connectivity index (χ0) is 34.4. The summed E-state index contributed by atoms with van der Waals surface area (Å²) in [6, 6.07) is 0. The average molecular weight is 677 g/mol. The third-order valence-electron chi connectivity index (χ3n) is 8.87. The predicted octanol–water partition coefficient (Wildman–Crippen LogP) is 10.2. The normalized spacial score (nSPS) is 11.1. The van der Waals surface area contributed by atoms with Gasteiger partial charge in [-0.15, -0.1) is 0 Å². The molecule has 0 saturated carbocycles. The maximum Gasteiger partial charge on any atom is 1.00 e. The number of carboxylic acid groups (broad SMARTS) is 3. The maximum atomic E-state index is 10.9. The van der Waals surface area contributed by atoms with Crippen LogP contribution in [0.25, 0.3) is 0 Å². The molecular formula is C40H77NaO6. The molecule has 0 fully saturated rings. The van der Waals surface area contributed by atoms with Gasteiger partial charge in [-0.3, -0.25) is 4.79 Å². The van der Waals surface area contributed by atoms with E-state index in [0.717, 1.165) is 38.2 Å². The van der Waals surface area contributed by atoms with Crippen molar-refractivity contribution in [2.75, 3.05) is 0 Å². The van der Waals surface area contributed by atoms with Crippen molar-refractivity contribution in [1.82, 2.24) is 0 Å². The number of hydrogen-bond acceptors (Lipinski definition) is 3.